The third kappa shape index (κ3) is 2.05. The summed E-state index contributed by atoms with van der Waals surface area (Å²) < 4.78 is 7.49. The molecule has 20 heavy (non-hydrogen) atoms. The largest absolute Gasteiger partial charge is 0.495 e. The van der Waals surface area contributed by atoms with Crippen LogP contribution in [0.3, 0.4) is 0 Å². The third-order valence-electron chi connectivity index (χ3n) is 3.73. The molecular weight excluding hydrogens is 254 g/mol. The fourth-order valence-corrected chi connectivity index (χ4v) is 2.54. The van der Waals surface area contributed by atoms with E-state index in [-0.39, 0.29) is 6.04 Å². The summed E-state index contributed by atoms with van der Waals surface area (Å²) in [5, 5.41) is 10.5. The van der Waals surface area contributed by atoms with Crippen molar-refractivity contribution in [3.63, 3.8) is 0 Å². The van der Waals surface area contributed by atoms with Gasteiger partial charge in [0.1, 0.15) is 11.2 Å². The standard InChI is InChI=1S/C16H21NO3/c1-10(2)17-13(16(3,4)15(18)19)9-11-7-6-8-12(20-5)14(11)17/h6-10H,1-5H3,(H,18,19). The molecule has 2 rings (SSSR count). The molecule has 0 amide bonds. The smallest absolute Gasteiger partial charge is 0.315 e. The van der Waals surface area contributed by atoms with Crippen LogP contribution in [0.5, 0.6) is 5.75 Å². The van der Waals surface area contributed by atoms with Crippen LogP contribution in [0.2, 0.25) is 0 Å². The molecule has 0 fully saturated rings. The number of hydrogen-bond donors (Lipinski definition) is 1. The lowest BCUT2D eigenvalue weighted by atomic mass is 9.89. The summed E-state index contributed by atoms with van der Waals surface area (Å²) in [6.45, 7) is 7.56. The Balaban J connectivity index is 2.86. The van der Waals surface area contributed by atoms with Crippen LogP contribution in [0.1, 0.15) is 39.4 Å². The van der Waals surface area contributed by atoms with Crippen molar-refractivity contribution < 1.29 is 14.6 Å². The molecule has 0 atom stereocenters. The Labute approximate surface area is 119 Å². The number of carboxylic acid groups (broad SMARTS) is 1. The van der Waals surface area contributed by atoms with Gasteiger partial charge in [-0.15, -0.1) is 0 Å². The van der Waals surface area contributed by atoms with Crippen LogP contribution in [-0.2, 0) is 10.2 Å². The van der Waals surface area contributed by atoms with Crippen molar-refractivity contribution in [3.8, 4) is 5.75 Å². The number of para-hydroxylation sites is 1. The van der Waals surface area contributed by atoms with Crippen molar-refractivity contribution in [2.24, 2.45) is 0 Å². The quantitative estimate of drug-likeness (QED) is 0.927. The average molecular weight is 275 g/mol. The second kappa shape index (κ2) is 4.85. The molecule has 0 aliphatic rings. The fraction of sp³-hybridized carbons (Fsp3) is 0.438. The second-order valence-electron chi connectivity index (χ2n) is 5.82. The molecule has 0 aliphatic carbocycles. The average Bonchev–Trinajstić information content (AvgIpc) is 2.78. The Hall–Kier alpha value is -1.97. The van der Waals surface area contributed by atoms with Crippen molar-refractivity contribution >= 4 is 16.9 Å². The van der Waals surface area contributed by atoms with Gasteiger partial charge in [0.25, 0.3) is 0 Å². The highest BCUT2D eigenvalue weighted by atomic mass is 16.5. The molecule has 108 valence electrons. The van der Waals surface area contributed by atoms with Crippen LogP contribution < -0.4 is 4.74 Å². The minimum absolute atomic E-state index is 0.150. The number of aromatic nitrogens is 1. The summed E-state index contributed by atoms with van der Waals surface area (Å²) in [5.41, 5.74) is 0.794. The van der Waals surface area contributed by atoms with Gasteiger partial charge >= 0.3 is 5.97 Å². The first-order valence-corrected chi connectivity index (χ1v) is 6.72. The normalized spacial score (nSPS) is 12.1. The summed E-state index contributed by atoms with van der Waals surface area (Å²) in [7, 11) is 1.63. The molecule has 0 aliphatic heterocycles. The van der Waals surface area contributed by atoms with Gasteiger partial charge in [0.05, 0.1) is 12.6 Å². The summed E-state index contributed by atoms with van der Waals surface area (Å²) in [6.07, 6.45) is 0. The lowest BCUT2D eigenvalue weighted by molar-refractivity contribution is -0.142. The van der Waals surface area contributed by atoms with Crippen molar-refractivity contribution in [1.82, 2.24) is 4.57 Å². The zero-order valence-corrected chi connectivity index (χ0v) is 12.6. The van der Waals surface area contributed by atoms with Crippen molar-refractivity contribution in [2.45, 2.75) is 39.2 Å². The van der Waals surface area contributed by atoms with Crippen molar-refractivity contribution in [2.75, 3.05) is 7.11 Å². The second-order valence-corrected chi connectivity index (χ2v) is 5.82. The van der Waals surface area contributed by atoms with Gasteiger partial charge in [-0.3, -0.25) is 4.79 Å². The van der Waals surface area contributed by atoms with Crippen molar-refractivity contribution in [3.05, 3.63) is 30.0 Å². The van der Waals surface area contributed by atoms with Crippen LogP contribution in [0, 0.1) is 0 Å². The number of carboxylic acids is 1. The molecule has 0 bridgehead atoms. The van der Waals surface area contributed by atoms with E-state index in [1.54, 1.807) is 21.0 Å². The molecule has 0 saturated heterocycles. The zero-order valence-electron chi connectivity index (χ0n) is 12.6. The minimum atomic E-state index is -0.950. The number of nitrogens with zero attached hydrogens (tertiary/aromatic N) is 1. The Morgan fingerprint density at radius 2 is 2.00 bits per heavy atom. The van der Waals surface area contributed by atoms with E-state index in [2.05, 4.69) is 4.57 Å². The van der Waals surface area contributed by atoms with Crippen LogP contribution in [0.25, 0.3) is 10.9 Å². The SMILES string of the molecule is COc1cccc2cc(C(C)(C)C(=O)O)n(C(C)C)c12. The maximum Gasteiger partial charge on any atom is 0.315 e. The highest BCUT2D eigenvalue weighted by Gasteiger charge is 2.34. The Morgan fingerprint density at radius 1 is 1.35 bits per heavy atom. The number of methoxy groups -OCH3 is 1. The molecule has 4 heteroatoms. The number of fused-ring (bicyclic) bond motifs is 1. The first-order valence-electron chi connectivity index (χ1n) is 6.72. The van der Waals surface area contributed by atoms with E-state index in [0.717, 1.165) is 22.3 Å². The molecule has 1 aromatic heterocycles. The first-order chi connectivity index (χ1) is 9.30. The molecule has 1 aromatic carbocycles. The lowest BCUT2D eigenvalue weighted by Gasteiger charge is -2.25. The van der Waals surface area contributed by atoms with E-state index >= 15 is 0 Å². The highest BCUT2D eigenvalue weighted by Crippen LogP contribution is 2.36. The van der Waals surface area contributed by atoms with E-state index in [0.29, 0.717) is 0 Å². The molecule has 2 aromatic rings. The molecule has 1 N–H and O–H groups in total. The van der Waals surface area contributed by atoms with E-state index in [4.69, 9.17) is 4.74 Å². The van der Waals surface area contributed by atoms with Gasteiger partial charge in [-0.25, -0.2) is 0 Å². The molecule has 0 spiro atoms. The maximum absolute atomic E-state index is 11.6. The molecule has 0 radical (unpaired) electrons. The van der Waals surface area contributed by atoms with E-state index in [1.807, 2.05) is 38.1 Å². The number of benzene rings is 1. The van der Waals surface area contributed by atoms with Gasteiger partial charge < -0.3 is 14.4 Å². The molecule has 0 saturated carbocycles. The molecule has 4 nitrogen and oxygen atoms in total. The van der Waals surface area contributed by atoms with Crippen LogP contribution in [-0.4, -0.2) is 22.8 Å². The van der Waals surface area contributed by atoms with E-state index in [1.165, 1.54) is 0 Å². The minimum Gasteiger partial charge on any atom is -0.495 e. The zero-order chi connectivity index (χ0) is 15.1. The molecular formula is C16H21NO3. The van der Waals surface area contributed by atoms with Gasteiger partial charge in [0.15, 0.2) is 0 Å². The number of aliphatic carboxylic acids is 1. The maximum atomic E-state index is 11.6. The van der Waals surface area contributed by atoms with Crippen LogP contribution in [0.4, 0.5) is 0 Å². The molecule has 1 heterocycles. The van der Waals surface area contributed by atoms with Gasteiger partial charge in [0, 0.05) is 17.1 Å². The topological polar surface area (TPSA) is 51.5 Å². The Morgan fingerprint density at radius 3 is 2.50 bits per heavy atom. The predicted octanol–water partition coefficient (Wildman–Crippen LogP) is 3.59. The number of carbonyl (C=O) groups is 1. The Kier molecular flexibility index (Phi) is 3.50. The number of rotatable bonds is 4. The van der Waals surface area contributed by atoms with Gasteiger partial charge in [-0.1, -0.05) is 12.1 Å². The summed E-state index contributed by atoms with van der Waals surface area (Å²) in [4.78, 5) is 11.6. The number of hydrogen-bond acceptors (Lipinski definition) is 2. The van der Waals surface area contributed by atoms with Crippen molar-refractivity contribution in [1.29, 1.82) is 0 Å². The van der Waals surface area contributed by atoms with Gasteiger partial charge in [-0.05, 0) is 39.8 Å². The summed E-state index contributed by atoms with van der Waals surface area (Å²) >= 11 is 0. The summed E-state index contributed by atoms with van der Waals surface area (Å²) in [6, 6.07) is 7.91. The van der Waals surface area contributed by atoms with Crippen LogP contribution >= 0.6 is 0 Å². The van der Waals surface area contributed by atoms with Crippen LogP contribution in [0.15, 0.2) is 24.3 Å². The monoisotopic (exact) mass is 275 g/mol. The summed E-state index contributed by atoms with van der Waals surface area (Å²) in [5.74, 6) is -0.0650. The third-order valence-corrected chi connectivity index (χ3v) is 3.73. The van der Waals surface area contributed by atoms with E-state index in [9.17, 15) is 9.90 Å². The lowest BCUT2D eigenvalue weighted by Crippen LogP contribution is -2.31. The Bertz CT molecular complexity index is 653. The number of ether oxygens (including phenoxy) is 1. The van der Waals surface area contributed by atoms with Gasteiger partial charge in [-0.2, -0.15) is 0 Å². The predicted molar refractivity (Wildman–Crippen MR) is 79.5 cm³/mol. The molecule has 0 unspecified atom stereocenters. The van der Waals surface area contributed by atoms with E-state index < -0.39 is 11.4 Å². The fourth-order valence-electron chi connectivity index (χ4n) is 2.54. The first kappa shape index (κ1) is 14.4. The van der Waals surface area contributed by atoms with Gasteiger partial charge in [0.2, 0.25) is 0 Å². The highest BCUT2D eigenvalue weighted by molar-refractivity contribution is 5.90.